The number of esters is 1. The van der Waals surface area contributed by atoms with E-state index in [4.69, 9.17) is 9.47 Å². The lowest BCUT2D eigenvalue weighted by Crippen LogP contribution is -2.23. The SMILES string of the molecule is CCOC(=O)C(Nc1ccc(OC)cc1)c1c[nH]c2cc(Br)c(Br)cc12. The van der Waals surface area contributed by atoms with Crippen molar-refractivity contribution in [2.45, 2.75) is 13.0 Å². The molecule has 2 N–H and O–H groups in total. The van der Waals surface area contributed by atoms with Gasteiger partial charge in [0.2, 0.25) is 0 Å². The molecule has 136 valence electrons. The summed E-state index contributed by atoms with van der Waals surface area (Å²) in [6.07, 6.45) is 1.83. The fourth-order valence-corrected chi connectivity index (χ4v) is 3.41. The zero-order valence-electron chi connectivity index (χ0n) is 14.3. The van der Waals surface area contributed by atoms with Crippen molar-refractivity contribution in [3.63, 3.8) is 0 Å². The molecule has 0 aliphatic heterocycles. The molecule has 0 aliphatic rings. The van der Waals surface area contributed by atoms with E-state index < -0.39 is 6.04 Å². The molecule has 0 radical (unpaired) electrons. The Hall–Kier alpha value is -1.99. The smallest absolute Gasteiger partial charge is 0.333 e. The first kappa shape index (κ1) is 18.8. The van der Waals surface area contributed by atoms with E-state index in [2.05, 4.69) is 42.2 Å². The van der Waals surface area contributed by atoms with Gasteiger partial charge in [-0.1, -0.05) is 0 Å². The molecule has 26 heavy (non-hydrogen) atoms. The van der Waals surface area contributed by atoms with Gasteiger partial charge in [-0.15, -0.1) is 0 Å². The number of rotatable bonds is 6. The van der Waals surface area contributed by atoms with Gasteiger partial charge in [0.15, 0.2) is 6.04 Å². The van der Waals surface area contributed by atoms with Crippen LogP contribution in [0.3, 0.4) is 0 Å². The number of aromatic amines is 1. The van der Waals surface area contributed by atoms with Gasteiger partial charge in [-0.25, -0.2) is 4.79 Å². The molecule has 2 aromatic carbocycles. The predicted molar refractivity (Wildman–Crippen MR) is 110 cm³/mol. The van der Waals surface area contributed by atoms with Crippen LogP contribution in [0.2, 0.25) is 0 Å². The van der Waals surface area contributed by atoms with Crippen LogP contribution >= 0.6 is 31.9 Å². The molecule has 0 amide bonds. The molecular formula is C19H18Br2N2O3. The highest BCUT2D eigenvalue weighted by Gasteiger charge is 2.25. The van der Waals surface area contributed by atoms with E-state index in [-0.39, 0.29) is 5.97 Å². The third-order valence-corrected chi connectivity index (χ3v) is 5.83. The van der Waals surface area contributed by atoms with Crippen LogP contribution < -0.4 is 10.1 Å². The first-order chi connectivity index (χ1) is 12.5. The molecule has 3 aromatic rings. The maximum absolute atomic E-state index is 12.6. The predicted octanol–water partition coefficient (Wildman–Crippen LogP) is 5.42. The van der Waals surface area contributed by atoms with Crippen molar-refractivity contribution < 1.29 is 14.3 Å². The number of anilines is 1. The average molecular weight is 482 g/mol. The summed E-state index contributed by atoms with van der Waals surface area (Å²) >= 11 is 7.02. The fraction of sp³-hybridized carbons (Fsp3) is 0.211. The lowest BCUT2D eigenvalue weighted by atomic mass is 10.1. The molecule has 0 bridgehead atoms. The monoisotopic (exact) mass is 480 g/mol. The number of aromatic nitrogens is 1. The Kier molecular flexibility index (Phi) is 5.88. The minimum Gasteiger partial charge on any atom is -0.497 e. The highest BCUT2D eigenvalue weighted by atomic mass is 79.9. The summed E-state index contributed by atoms with van der Waals surface area (Å²) in [7, 11) is 1.62. The second kappa shape index (κ2) is 8.14. The largest absolute Gasteiger partial charge is 0.497 e. The number of benzene rings is 2. The van der Waals surface area contributed by atoms with Crippen molar-refractivity contribution in [1.29, 1.82) is 0 Å². The minimum atomic E-state index is -0.634. The summed E-state index contributed by atoms with van der Waals surface area (Å²) in [4.78, 5) is 15.8. The maximum Gasteiger partial charge on any atom is 0.333 e. The lowest BCUT2D eigenvalue weighted by Gasteiger charge is -2.18. The molecule has 0 fully saturated rings. The zero-order valence-corrected chi connectivity index (χ0v) is 17.5. The van der Waals surface area contributed by atoms with Crippen LogP contribution in [-0.2, 0) is 9.53 Å². The van der Waals surface area contributed by atoms with Crippen molar-refractivity contribution in [3.05, 3.63) is 57.1 Å². The van der Waals surface area contributed by atoms with Gasteiger partial charge in [-0.05, 0) is 75.2 Å². The second-order valence-corrected chi connectivity index (χ2v) is 7.32. The standard InChI is InChI=1S/C19H18Br2N2O3/c1-3-26-19(24)18(23-11-4-6-12(25-2)7-5-11)14-10-22-17-9-16(21)15(20)8-13(14)17/h4-10,18,22-23H,3H2,1-2H3. The van der Waals surface area contributed by atoms with E-state index in [1.807, 2.05) is 42.6 Å². The van der Waals surface area contributed by atoms with Crippen molar-refractivity contribution in [3.8, 4) is 5.75 Å². The fourth-order valence-electron chi connectivity index (χ4n) is 2.72. The van der Waals surface area contributed by atoms with E-state index in [1.165, 1.54) is 0 Å². The van der Waals surface area contributed by atoms with E-state index in [0.29, 0.717) is 6.61 Å². The number of ether oxygens (including phenoxy) is 2. The summed E-state index contributed by atoms with van der Waals surface area (Å²) < 4.78 is 12.3. The summed E-state index contributed by atoms with van der Waals surface area (Å²) in [5.41, 5.74) is 2.55. The third-order valence-electron chi connectivity index (χ3n) is 3.99. The summed E-state index contributed by atoms with van der Waals surface area (Å²) in [6, 6.07) is 10.7. The molecule has 7 heteroatoms. The van der Waals surface area contributed by atoms with Gasteiger partial charge in [-0.2, -0.15) is 0 Å². The summed E-state index contributed by atoms with van der Waals surface area (Å²) in [5.74, 6) is 0.423. The molecular weight excluding hydrogens is 464 g/mol. The van der Waals surface area contributed by atoms with E-state index >= 15 is 0 Å². The van der Waals surface area contributed by atoms with E-state index in [1.54, 1.807) is 14.0 Å². The molecule has 0 saturated heterocycles. The highest BCUT2D eigenvalue weighted by Crippen LogP contribution is 2.34. The molecule has 0 saturated carbocycles. The molecule has 0 spiro atoms. The number of halogens is 2. The number of hydrogen-bond acceptors (Lipinski definition) is 4. The summed E-state index contributed by atoms with van der Waals surface area (Å²) in [6.45, 7) is 2.11. The third kappa shape index (κ3) is 3.88. The molecule has 1 unspecified atom stereocenters. The molecule has 1 heterocycles. The van der Waals surface area contributed by atoms with Crippen LogP contribution in [0.4, 0.5) is 5.69 Å². The number of carbonyl (C=O) groups is 1. The molecule has 0 aliphatic carbocycles. The minimum absolute atomic E-state index is 0.317. The van der Waals surface area contributed by atoms with Gasteiger partial charge in [0.1, 0.15) is 5.75 Å². The van der Waals surface area contributed by atoms with Crippen LogP contribution in [0.5, 0.6) is 5.75 Å². The normalized spacial score (nSPS) is 12.0. The second-order valence-electron chi connectivity index (χ2n) is 5.61. The van der Waals surface area contributed by atoms with Crippen LogP contribution in [-0.4, -0.2) is 24.7 Å². The van der Waals surface area contributed by atoms with Crippen LogP contribution in [0.25, 0.3) is 10.9 Å². The first-order valence-electron chi connectivity index (χ1n) is 8.06. The summed E-state index contributed by atoms with van der Waals surface area (Å²) in [5, 5.41) is 4.21. The molecule has 1 aromatic heterocycles. The quantitative estimate of drug-likeness (QED) is 0.461. The molecule has 5 nitrogen and oxygen atoms in total. The van der Waals surface area contributed by atoms with Crippen LogP contribution in [0.1, 0.15) is 18.5 Å². The van der Waals surface area contributed by atoms with Gasteiger partial charge in [0.05, 0.1) is 13.7 Å². The Morgan fingerprint density at radius 2 is 1.88 bits per heavy atom. The topological polar surface area (TPSA) is 63.4 Å². The average Bonchev–Trinajstić information content (AvgIpc) is 3.03. The van der Waals surface area contributed by atoms with Gasteiger partial charge in [0, 0.05) is 37.3 Å². The van der Waals surface area contributed by atoms with Crippen molar-refractivity contribution in [2.75, 3.05) is 19.0 Å². The van der Waals surface area contributed by atoms with Crippen LogP contribution in [0.15, 0.2) is 51.5 Å². The Morgan fingerprint density at radius 3 is 2.54 bits per heavy atom. The van der Waals surface area contributed by atoms with Gasteiger partial charge < -0.3 is 19.8 Å². The maximum atomic E-state index is 12.6. The van der Waals surface area contributed by atoms with E-state index in [0.717, 1.165) is 36.8 Å². The van der Waals surface area contributed by atoms with Gasteiger partial charge >= 0.3 is 5.97 Å². The lowest BCUT2D eigenvalue weighted by molar-refractivity contribution is -0.144. The van der Waals surface area contributed by atoms with Crippen LogP contribution in [0, 0.1) is 0 Å². The van der Waals surface area contributed by atoms with Gasteiger partial charge in [0.25, 0.3) is 0 Å². The number of methoxy groups -OCH3 is 1. The van der Waals surface area contributed by atoms with Crippen molar-refractivity contribution in [1.82, 2.24) is 4.98 Å². The number of H-pyrrole nitrogens is 1. The number of hydrogen-bond donors (Lipinski definition) is 2. The molecule has 3 rings (SSSR count). The van der Waals surface area contributed by atoms with Crippen molar-refractivity contribution in [2.24, 2.45) is 0 Å². The van der Waals surface area contributed by atoms with Crippen molar-refractivity contribution >= 4 is 54.4 Å². The first-order valence-corrected chi connectivity index (χ1v) is 9.65. The van der Waals surface area contributed by atoms with Gasteiger partial charge in [-0.3, -0.25) is 0 Å². The van der Waals surface area contributed by atoms with E-state index in [9.17, 15) is 4.79 Å². The zero-order chi connectivity index (χ0) is 18.7. The number of fused-ring (bicyclic) bond motifs is 1. The molecule has 1 atom stereocenters. The Morgan fingerprint density at radius 1 is 1.19 bits per heavy atom. The highest BCUT2D eigenvalue weighted by molar-refractivity contribution is 9.13. The number of carbonyl (C=O) groups excluding carboxylic acids is 1. The Balaban J connectivity index is 2.00. The Bertz CT molecular complexity index is 922. The number of nitrogens with one attached hydrogen (secondary N) is 2. The Labute approximate surface area is 168 Å².